The van der Waals surface area contributed by atoms with Crippen molar-refractivity contribution in [1.82, 2.24) is 34.1 Å². The molecule has 6 heterocycles. The average Bonchev–Trinajstić information content (AvgIpc) is 3.22. The first-order chi connectivity index (χ1) is 16.2. The lowest BCUT2D eigenvalue weighted by Gasteiger charge is -2.33. The van der Waals surface area contributed by atoms with E-state index >= 15 is 0 Å². The van der Waals surface area contributed by atoms with Crippen molar-refractivity contribution in [3.05, 3.63) is 88.5 Å². The number of hydrogen-bond donors (Lipinski definition) is 1. The van der Waals surface area contributed by atoms with Gasteiger partial charge in [-0.15, -0.1) is 0 Å². The summed E-state index contributed by atoms with van der Waals surface area (Å²) in [6, 6.07) is 11.3. The number of rotatable bonds is 3. The molecule has 5 aromatic rings. The lowest BCUT2D eigenvalue weighted by atomic mass is 9.98. The van der Waals surface area contributed by atoms with E-state index < -0.39 is 6.04 Å². The number of H-pyrrole nitrogens is 1. The molecular weight excluding hydrogens is 438 g/mol. The van der Waals surface area contributed by atoms with Crippen LogP contribution in [0.2, 0.25) is 5.15 Å². The van der Waals surface area contributed by atoms with Gasteiger partial charge in [0.25, 0.3) is 5.91 Å². The van der Waals surface area contributed by atoms with Gasteiger partial charge < -0.3 is 9.88 Å². The van der Waals surface area contributed by atoms with E-state index in [1.807, 2.05) is 39.9 Å². The van der Waals surface area contributed by atoms with E-state index in [1.54, 1.807) is 23.1 Å². The third-order valence-electron chi connectivity index (χ3n) is 6.74. The van der Waals surface area contributed by atoms with Gasteiger partial charge in [0.15, 0.2) is 0 Å². The Hall–Kier alpha value is -3.65. The Kier molecular flexibility index (Phi) is 3.96. The van der Waals surface area contributed by atoms with E-state index in [2.05, 4.69) is 21.1 Å². The van der Waals surface area contributed by atoms with E-state index in [0.717, 1.165) is 28.1 Å². The molecule has 164 valence electrons. The Morgan fingerprint density at radius 3 is 2.94 bits per heavy atom. The number of pyridine rings is 2. The van der Waals surface area contributed by atoms with E-state index in [9.17, 15) is 4.79 Å². The number of nitrogens with zero attached hydrogens (tertiary/aromatic N) is 6. The molecule has 7 rings (SSSR count). The molecule has 1 aliphatic carbocycles. The smallest absolute Gasteiger partial charge is 0.258 e. The maximum absolute atomic E-state index is 13.9. The number of hydrogen-bond acceptors (Lipinski definition) is 4. The van der Waals surface area contributed by atoms with Crippen LogP contribution in [-0.2, 0) is 6.42 Å². The van der Waals surface area contributed by atoms with Crippen LogP contribution in [0.3, 0.4) is 0 Å². The minimum Gasteiger partial charge on any atom is -0.348 e. The van der Waals surface area contributed by atoms with Crippen LogP contribution in [0.4, 0.5) is 0 Å². The molecule has 5 aromatic heterocycles. The number of aromatic nitrogens is 6. The Labute approximate surface area is 193 Å². The van der Waals surface area contributed by atoms with Crippen LogP contribution in [0.1, 0.15) is 57.8 Å². The zero-order valence-corrected chi connectivity index (χ0v) is 18.4. The maximum Gasteiger partial charge on any atom is 0.258 e. The number of imidazole rings is 1. The second kappa shape index (κ2) is 6.92. The molecule has 0 saturated heterocycles. The van der Waals surface area contributed by atoms with Crippen molar-refractivity contribution in [2.24, 2.45) is 0 Å². The fourth-order valence-corrected chi connectivity index (χ4v) is 5.12. The van der Waals surface area contributed by atoms with E-state index in [0.29, 0.717) is 29.6 Å². The molecule has 0 bridgehead atoms. The summed E-state index contributed by atoms with van der Waals surface area (Å²) in [6.45, 7) is 0.553. The average molecular weight is 458 g/mol. The molecule has 8 nitrogen and oxygen atoms in total. The van der Waals surface area contributed by atoms with Crippen molar-refractivity contribution in [2.45, 2.75) is 31.2 Å². The molecule has 0 radical (unpaired) electrons. The highest BCUT2D eigenvalue weighted by Gasteiger charge is 2.37. The highest BCUT2D eigenvalue weighted by Crippen LogP contribution is 2.40. The van der Waals surface area contributed by atoms with Gasteiger partial charge in [-0.3, -0.25) is 4.79 Å². The topological polar surface area (TPSA) is 83.6 Å². The summed E-state index contributed by atoms with van der Waals surface area (Å²) in [6.07, 6.45) is 8.56. The third kappa shape index (κ3) is 2.90. The van der Waals surface area contributed by atoms with Gasteiger partial charge in [0.05, 0.1) is 40.5 Å². The van der Waals surface area contributed by atoms with Gasteiger partial charge in [0, 0.05) is 24.9 Å². The van der Waals surface area contributed by atoms with Crippen LogP contribution < -0.4 is 0 Å². The number of nitrogens with one attached hydrogen (secondary N) is 1. The molecule has 1 fully saturated rings. The molecule has 9 heteroatoms. The van der Waals surface area contributed by atoms with Gasteiger partial charge in [-0.2, -0.15) is 10.2 Å². The van der Waals surface area contributed by atoms with Gasteiger partial charge in [-0.1, -0.05) is 23.7 Å². The fraction of sp³-hybridized carbons (Fsp3) is 0.250. The van der Waals surface area contributed by atoms with Gasteiger partial charge in [0.2, 0.25) is 0 Å². The number of amides is 1. The van der Waals surface area contributed by atoms with Crippen LogP contribution in [0.5, 0.6) is 0 Å². The standard InChI is InChI=1S/C24H20ClN7O/c25-21-3-1-2-16-10-19(29-32(16)21)23-22-18(26-13-27-22)8-9-30(23)24(33)17-11-28-31-12-15(14-4-5-14)6-7-20(17)31/h1-3,6-7,10-14,23H,4-5,8-9H2,(H,26,27)/t23-/m1/s1. The van der Waals surface area contributed by atoms with Crippen LogP contribution >= 0.6 is 11.6 Å². The molecule has 33 heavy (non-hydrogen) atoms. The highest BCUT2D eigenvalue weighted by atomic mass is 35.5. The van der Waals surface area contributed by atoms with Crippen LogP contribution in [0.15, 0.2) is 55.1 Å². The normalized spacial score (nSPS) is 18.2. The first kappa shape index (κ1) is 18.9. The van der Waals surface area contributed by atoms with Crippen molar-refractivity contribution in [3.63, 3.8) is 0 Å². The molecule has 2 aliphatic rings. The summed E-state index contributed by atoms with van der Waals surface area (Å²) in [5, 5.41) is 9.76. The van der Waals surface area contributed by atoms with E-state index in [4.69, 9.17) is 16.7 Å². The molecule has 1 N–H and O–H groups in total. The molecule has 1 saturated carbocycles. The second-order valence-corrected chi connectivity index (χ2v) is 9.18. The quantitative estimate of drug-likeness (QED) is 0.415. The summed E-state index contributed by atoms with van der Waals surface area (Å²) in [5.74, 6) is 0.551. The third-order valence-corrected chi connectivity index (χ3v) is 7.03. The predicted molar refractivity (Wildman–Crippen MR) is 123 cm³/mol. The molecular formula is C24H20ClN7O. The van der Waals surface area contributed by atoms with Gasteiger partial charge in [-0.05, 0) is 48.6 Å². The highest BCUT2D eigenvalue weighted by molar-refractivity contribution is 6.29. The lowest BCUT2D eigenvalue weighted by molar-refractivity contribution is 0.0689. The molecule has 0 unspecified atom stereocenters. The SMILES string of the molecule is O=C(c1cnn2cc(C3CC3)ccc12)N1CCc2[nH]cnc2[C@H]1c1cc2cccc(Cl)n2n1. The maximum atomic E-state index is 13.9. The molecule has 1 aliphatic heterocycles. The largest absolute Gasteiger partial charge is 0.348 e. The molecule has 0 spiro atoms. The monoisotopic (exact) mass is 457 g/mol. The van der Waals surface area contributed by atoms with Gasteiger partial charge in [-0.25, -0.2) is 14.0 Å². The first-order valence-electron chi connectivity index (χ1n) is 11.1. The summed E-state index contributed by atoms with van der Waals surface area (Å²) in [5.41, 5.74) is 6.14. The van der Waals surface area contributed by atoms with Crippen molar-refractivity contribution in [2.75, 3.05) is 6.54 Å². The summed E-state index contributed by atoms with van der Waals surface area (Å²) in [7, 11) is 0. The number of carbonyl (C=O) groups is 1. The first-order valence-corrected chi connectivity index (χ1v) is 11.5. The van der Waals surface area contributed by atoms with Crippen LogP contribution in [0.25, 0.3) is 11.0 Å². The van der Waals surface area contributed by atoms with Crippen molar-refractivity contribution in [3.8, 4) is 0 Å². The van der Waals surface area contributed by atoms with Crippen molar-refractivity contribution >= 4 is 28.5 Å². The lowest BCUT2D eigenvalue weighted by Crippen LogP contribution is -2.41. The number of fused-ring (bicyclic) bond motifs is 3. The summed E-state index contributed by atoms with van der Waals surface area (Å²) >= 11 is 6.36. The van der Waals surface area contributed by atoms with Crippen LogP contribution in [0, 0.1) is 0 Å². The Morgan fingerprint density at radius 1 is 1.18 bits per heavy atom. The second-order valence-electron chi connectivity index (χ2n) is 8.80. The van der Waals surface area contributed by atoms with E-state index in [-0.39, 0.29) is 5.91 Å². The van der Waals surface area contributed by atoms with Gasteiger partial charge in [0.1, 0.15) is 11.2 Å². The number of halogens is 1. The Balaban J connectivity index is 1.33. The number of carbonyl (C=O) groups excluding carboxylic acids is 1. The van der Waals surface area contributed by atoms with Crippen molar-refractivity contribution < 1.29 is 4.79 Å². The Morgan fingerprint density at radius 2 is 2.09 bits per heavy atom. The zero-order valence-electron chi connectivity index (χ0n) is 17.6. The summed E-state index contributed by atoms with van der Waals surface area (Å²) < 4.78 is 3.51. The summed E-state index contributed by atoms with van der Waals surface area (Å²) in [4.78, 5) is 23.5. The zero-order chi connectivity index (χ0) is 22.1. The van der Waals surface area contributed by atoms with E-state index in [1.165, 1.54) is 18.4 Å². The Bertz CT molecular complexity index is 1540. The number of aromatic amines is 1. The molecule has 0 aromatic carbocycles. The van der Waals surface area contributed by atoms with Crippen molar-refractivity contribution in [1.29, 1.82) is 0 Å². The minimum atomic E-state index is -0.413. The molecule has 1 atom stereocenters. The fourth-order valence-electron chi connectivity index (χ4n) is 4.91. The molecule has 1 amide bonds. The predicted octanol–water partition coefficient (Wildman–Crippen LogP) is 4.02. The minimum absolute atomic E-state index is 0.0778. The van der Waals surface area contributed by atoms with Crippen LogP contribution in [-0.4, -0.2) is 46.5 Å². The van der Waals surface area contributed by atoms with Gasteiger partial charge >= 0.3 is 0 Å².